The lowest BCUT2D eigenvalue weighted by Gasteiger charge is -2.18. The predicted molar refractivity (Wildman–Crippen MR) is 65.2 cm³/mol. The maximum absolute atomic E-state index is 11.8. The third-order valence-corrected chi connectivity index (χ3v) is 2.55. The fourth-order valence-corrected chi connectivity index (χ4v) is 1.55. The van der Waals surface area contributed by atoms with Crippen LogP contribution in [-0.4, -0.2) is 28.7 Å². The molecule has 0 N–H and O–H groups in total. The SMILES string of the molecule is C=C(C)C(=O)ON(OCC)C(=O)Cc1cncs1. The summed E-state index contributed by atoms with van der Waals surface area (Å²) >= 11 is 1.34. The van der Waals surface area contributed by atoms with Gasteiger partial charge in [-0.3, -0.25) is 9.78 Å². The van der Waals surface area contributed by atoms with Crippen LogP contribution >= 0.6 is 11.3 Å². The van der Waals surface area contributed by atoms with E-state index < -0.39 is 11.9 Å². The van der Waals surface area contributed by atoms with Crippen LogP contribution in [0.1, 0.15) is 18.7 Å². The van der Waals surface area contributed by atoms with Crippen molar-refractivity contribution in [2.45, 2.75) is 20.3 Å². The van der Waals surface area contributed by atoms with E-state index in [2.05, 4.69) is 11.6 Å². The van der Waals surface area contributed by atoms with Crippen molar-refractivity contribution < 1.29 is 19.3 Å². The summed E-state index contributed by atoms with van der Waals surface area (Å²) in [5.41, 5.74) is 1.80. The van der Waals surface area contributed by atoms with E-state index in [1.165, 1.54) is 18.3 Å². The zero-order valence-corrected chi connectivity index (χ0v) is 11.0. The average Bonchev–Trinajstić information content (AvgIpc) is 2.80. The first kappa shape index (κ1) is 14.3. The molecule has 0 bridgehead atoms. The molecular weight excluding hydrogens is 256 g/mol. The Kier molecular flexibility index (Phi) is 5.47. The minimum atomic E-state index is -0.707. The van der Waals surface area contributed by atoms with Gasteiger partial charge in [-0.15, -0.1) is 11.3 Å². The third-order valence-electron chi connectivity index (χ3n) is 1.77. The minimum absolute atomic E-state index is 0.0636. The maximum atomic E-state index is 11.8. The highest BCUT2D eigenvalue weighted by Crippen LogP contribution is 2.09. The second kappa shape index (κ2) is 6.87. The van der Waals surface area contributed by atoms with E-state index in [9.17, 15) is 9.59 Å². The largest absolute Gasteiger partial charge is 0.361 e. The Hall–Kier alpha value is -1.73. The van der Waals surface area contributed by atoms with E-state index in [-0.39, 0.29) is 18.6 Å². The summed E-state index contributed by atoms with van der Waals surface area (Å²) in [6.07, 6.45) is 1.64. The van der Waals surface area contributed by atoms with Crippen LogP contribution in [0.5, 0.6) is 0 Å². The molecule has 0 saturated heterocycles. The summed E-state index contributed by atoms with van der Waals surface area (Å²) in [7, 11) is 0. The van der Waals surface area contributed by atoms with Gasteiger partial charge in [-0.2, -0.15) is 0 Å². The Labute approximate surface area is 109 Å². The molecule has 98 valence electrons. The van der Waals surface area contributed by atoms with Gasteiger partial charge in [-0.05, 0) is 19.1 Å². The molecule has 0 radical (unpaired) electrons. The molecule has 18 heavy (non-hydrogen) atoms. The quantitative estimate of drug-likeness (QED) is 0.599. The number of thiazole rings is 1. The molecule has 0 aliphatic heterocycles. The van der Waals surface area contributed by atoms with Gasteiger partial charge in [0.05, 0.1) is 18.5 Å². The van der Waals surface area contributed by atoms with Crippen molar-refractivity contribution >= 4 is 23.2 Å². The molecule has 0 aromatic carbocycles. The van der Waals surface area contributed by atoms with Crippen LogP contribution < -0.4 is 0 Å². The summed E-state index contributed by atoms with van der Waals surface area (Å²) in [4.78, 5) is 37.5. The third kappa shape index (κ3) is 4.27. The van der Waals surface area contributed by atoms with Gasteiger partial charge < -0.3 is 4.84 Å². The Balaban J connectivity index is 2.63. The van der Waals surface area contributed by atoms with E-state index >= 15 is 0 Å². The number of hydrogen-bond donors (Lipinski definition) is 0. The van der Waals surface area contributed by atoms with Crippen molar-refractivity contribution in [1.29, 1.82) is 0 Å². The van der Waals surface area contributed by atoms with Gasteiger partial charge in [-0.25, -0.2) is 9.63 Å². The molecule has 0 fully saturated rings. The summed E-state index contributed by atoms with van der Waals surface area (Å²) < 4.78 is 0. The van der Waals surface area contributed by atoms with Gasteiger partial charge in [-0.1, -0.05) is 6.58 Å². The number of hydrogen-bond acceptors (Lipinski definition) is 6. The van der Waals surface area contributed by atoms with Crippen molar-refractivity contribution in [3.8, 4) is 0 Å². The van der Waals surface area contributed by atoms with Crippen molar-refractivity contribution in [2.75, 3.05) is 6.61 Å². The number of hydroxylamine groups is 2. The van der Waals surface area contributed by atoms with Gasteiger partial charge in [0.1, 0.15) is 0 Å². The highest BCUT2D eigenvalue weighted by Gasteiger charge is 2.20. The number of rotatable bonds is 5. The molecule has 0 aliphatic rings. The molecule has 1 heterocycles. The minimum Gasteiger partial charge on any atom is -0.307 e. The van der Waals surface area contributed by atoms with Crippen LogP contribution in [0, 0.1) is 0 Å². The Bertz CT molecular complexity index is 430. The Morgan fingerprint density at radius 2 is 2.28 bits per heavy atom. The average molecular weight is 270 g/mol. The molecule has 1 amide bonds. The topological polar surface area (TPSA) is 68.7 Å². The number of nitrogens with zero attached hydrogens (tertiary/aromatic N) is 2. The summed E-state index contributed by atoms with van der Waals surface area (Å²) in [6.45, 7) is 6.80. The molecule has 0 atom stereocenters. The second-order valence-corrected chi connectivity index (χ2v) is 4.34. The predicted octanol–water partition coefficient (Wildman–Crippen LogP) is 1.50. The van der Waals surface area contributed by atoms with Crippen LogP contribution in [0.15, 0.2) is 23.9 Å². The first-order valence-electron chi connectivity index (χ1n) is 5.25. The normalized spacial score (nSPS) is 9.89. The van der Waals surface area contributed by atoms with Gasteiger partial charge in [0.15, 0.2) is 0 Å². The molecule has 7 heteroatoms. The fourth-order valence-electron chi connectivity index (χ4n) is 0.963. The molecule has 1 aromatic rings. The Morgan fingerprint density at radius 1 is 1.56 bits per heavy atom. The second-order valence-electron chi connectivity index (χ2n) is 3.37. The van der Waals surface area contributed by atoms with Crippen LogP contribution in [0.25, 0.3) is 0 Å². The van der Waals surface area contributed by atoms with Crippen molar-refractivity contribution in [1.82, 2.24) is 10.2 Å². The van der Waals surface area contributed by atoms with Crippen molar-refractivity contribution in [3.05, 3.63) is 28.7 Å². The van der Waals surface area contributed by atoms with Crippen LogP contribution in [0.4, 0.5) is 0 Å². The van der Waals surface area contributed by atoms with E-state index in [1.807, 2.05) is 0 Å². The lowest BCUT2D eigenvalue weighted by Crippen LogP contribution is -2.35. The van der Waals surface area contributed by atoms with E-state index in [0.29, 0.717) is 5.23 Å². The van der Waals surface area contributed by atoms with Crippen LogP contribution in [0.2, 0.25) is 0 Å². The highest BCUT2D eigenvalue weighted by atomic mass is 32.1. The number of carbonyl (C=O) groups is 2. The number of carbonyl (C=O) groups excluding carboxylic acids is 2. The number of aromatic nitrogens is 1. The molecule has 0 saturated carbocycles. The summed E-state index contributed by atoms with van der Waals surface area (Å²) in [5, 5.41) is 0.594. The molecule has 1 rings (SSSR count). The molecule has 1 aromatic heterocycles. The summed E-state index contributed by atoms with van der Waals surface area (Å²) in [5.74, 6) is -1.18. The first-order chi connectivity index (χ1) is 8.54. The Morgan fingerprint density at radius 3 is 2.78 bits per heavy atom. The zero-order valence-electron chi connectivity index (χ0n) is 10.2. The van der Waals surface area contributed by atoms with Gasteiger partial charge in [0.25, 0.3) is 5.91 Å². The standard InChI is InChI=1S/C11H14N2O4S/c1-4-16-13(17-11(15)8(2)3)10(14)5-9-6-12-7-18-9/h6-7H,2,4-5H2,1,3H3. The molecular formula is C11H14N2O4S. The van der Waals surface area contributed by atoms with Gasteiger partial charge in [0, 0.05) is 16.6 Å². The molecule has 0 unspecified atom stereocenters. The van der Waals surface area contributed by atoms with Gasteiger partial charge in [0.2, 0.25) is 0 Å². The van der Waals surface area contributed by atoms with Crippen LogP contribution in [-0.2, 0) is 25.7 Å². The fraction of sp³-hybridized carbons (Fsp3) is 0.364. The summed E-state index contributed by atoms with van der Waals surface area (Å²) in [6, 6.07) is 0. The van der Waals surface area contributed by atoms with Crippen molar-refractivity contribution in [3.63, 3.8) is 0 Å². The zero-order chi connectivity index (χ0) is 13.5. The van der Waals surface area contributed by atoms with E-state index in [4.69, 9.17) is 9.68 Å². The monoisotopic (exact) mass is 270 g/mol. The lowest BCUT2D eigenvalue weighted by atomic mass is 10.3. The highest BCUT2D eigenvalue weighted by molar-refractivity contribution is 7.09. The first-order valence-corrected chi connectivity index (χ1v) is 6.13. The smallest absolute Gasteiger partial charge is 0.307 e. The molecule has 0 aliphatic carbocycles. The number of amides is 1. The van der Waals surface area contributed by atoms with Crippen LogP contribution in [0.3, 0.4) is 0 Å². The molecule has 0 spiro atoms. The van der Waals surface area contributed by atoms with E-state index in [1.54, 1.807) is 18.6 Å². The van der Waals surface area contributed by atoms with Crippen molar-refractivity contribution in [2.24, 2.45) is 0 Å². The van der Waals surface area contributed by atoms with Gasteiger partial charge >= 0.3 is 5.97 Å². The maximum Gasteiger partial charge on any atom is 0.361 e. The molecule has 6 nitrogen and oxygen atoms in total. The van der Waals surface area contributed by atoms with E-state index in [0.717, 1.165) is 4.88 Å². The lowest BCUT2D eigenvalue weighted by molar-refractivity contribution is -0.319.